The van der Waals surface area contributed by atoms with Crippen LogP contribution in [-0.4, -0.2) is 10.8 Å². The van der Waals surface area contributed by atoms with Gasteiger partial charge in [0.2, 0.25) is 0 Å². The van der Waals surface area contributed by atoms with Gasteiger partial charge >= 0.3 is 0 Å². The summed E-state index contributed by atoms with van der Waals surface area (Å²) in [7, 11) is 0. The fourth-order valence-electron chi connectivity index (χ4n) is 2.40. The Morgan fingerprint density at radius 2 is 2.00 bits per heavy atom. The van der Waals surface area contributed by atoms with Crippen molar-refractivity contribution in [3.63, 3.8) is 0 Å². The van der Waals surface area contributed by atoms with Gasteiger partial charge in [-0.25, -0.2) is 4.39 Å². The van der Waals surface area contributed by atoms with E-state index in [9.17, 15) is 9.18 Å². The Labute approximate surface area is 116 Å². The third kappa shape index (κ3) is 2.23. The predicted octanol–water partition coefficient (Wildman–Crippen LogP) is 4.04. The number of carbonyl (C=O) groups is 1. The van der Waals surface area contributed by atoms with Gasteiger partial charge in [0.1, 0.15) is 5.82 Å². The molecule has 0 aliphatic rings. The number of aryl methyl sites for hydroxylation is 1. The van der Waals surface area contributed by atoms with E-state index in [0.717, 1.165) is 16.6 Å². The molecule has 1 aromatic heterocycles. The molecule has 0 aliphatic carbocycles. The highest BCUT2D eigenvalue weighted by atomic mass is 19.1. The van der Waals surface area contributed by atoms with Crippen LogP contribution < -0.4 is 0 Å². The second-order valence-electron chi connectivity index (χ2n) is 4.92. The van der Waals surface area contributed by atoms with E-state index < -0.39 is 0 Å². The number of fused-ring (bicyclic) bond motifs is 1. The van der Waals surface area contributed by atoms with Crippen LogP contribution in [0.15, 0.2) is 48.7 Å². The Morgan fingerprint density at radius 1 is 1.20 bits per heavy atom. The van der Waals surface area contributed by atoms with Crippen molar-refractivity contribution in [2.75, 3.05) is 0 Å². The third-order valence-corrected chi connectivity index (χ3v) is 3.56. The first-order chi connectivity index (χ1) is 9.65. The lowest BCUT2D eigenvalue weighted by Gasteiger charge is -2.04. The van der Waals surface area contributed by atoms with Gasteiger partial charge in [-0.3, -0.25) is 4.79 Å². The molecule has 3 aromatic rings. The minimum absolute atomic E-state index is 0.00356. The van der Waals surface area contributed by atoms with Crippen LogP contribution in [0, 0.1) is 12.7 Å². The quantitative estimate of drug-likeness (QED) is 0.714. The van der Waals surface area contributed by atoms with Crippen molar-refractivity contribution in [2.24, 2.45) is 0 Å². The number of H-pyrrole nitrogens is 1. The molecular formula is C17H14FNO. The standard InChI is InChI=1S/C17H14FNO/c1-11-4-2-3-5-12(11)8-17(20)15-10-19-16-7-6-13(18)9-14(15)16/h2-7,9-10,19H,8H2,1H3. The first kappa shape index (κ1) is 12.6. The van der Waals surface area contributed by atoms with Gasteiger partial charge in [-0.2, -0.15) is 0 Å². The van der Waals surface area contributed by atoms with E-state index in [1.165, 1.54) is 12.1 Å². The fraction of sp³-hybridized carbons (Fsp3) is 0.118. The lowest BCUT2D eigenvalue weighted by atomic mass is 9.99. The highest BCUT2D eigenvalue weighted by Crippen LogP contribution is 2.21. The summed E-state index contributed by atoms with van der Waals surface area (Å²) in [6.07, 6.45) is 1.99. The number of ketones is 1. The highest BCUT2D eigenvalue weighted by Gasteiger charge is 2.14. The first-order valence-corrected chi connectivity index (χ1v) is 6.49. The minimum Gasteiger partial charge on any atom is -0.360 e. The average molecular weight is 267 g/mol. The third-order valence-electron chi connectivity index (χ3n) is 3.56. The number of halogens is 1. The number of nitrogens with one attached hydrogen (secondary N) is 1. The van der Waals surface area contributed by atoms with Crippen molar-refractivity contribution in [2.45, 2.75) is 13.3 Å². The van der Waals surface area contributed by atoms with Crippen molar-refractivity contribution in [1.29, 1.82) is 0 Å². The van der Waals surface area contributed by atoms with Gasteiger partial charge in [-0.05, 0) is 36.2 Å². The number of aromatic nitrogens is 1. The molecule has 1 heterocycles. The predicted molar refractivity (Wildman–Crippen MR) is 77.5 cm³/mol. The topological polar surface area (TPSA) is 32.9 Å². The summed E-state index contributed by atoms with van der Waals surface area (Å²) in [6.45, 7) is 1.98. The Balaban J connectivity index is 1.97. The smallest absolute Gasteiger partial charge is 0.169 e. The largest absolute Gasteiger partial charge is 0.360 e. The number of hydrogen-bond donors (Lipinski definition) is 1. The van der Waals surface area contributed by atoms with Crippen LogP contribution in [0.25, 0.3) is 10.9 Å². The maximum Gasteiger partial charge on any atom is 0.169 e. The van der Waals surface area contributed by atoms with E-state index >= 15 is 0 Å². The molecule has 0 spiro atoms. The fourth-order valence-corrected chi connectivity index (χ4v) is 2.40. The summed E-state index contributed by atoms with van der Waals surface area (Å²) in [5, 5.41) is 0.642. The molecule has 0 radical (unpaired) electrons. The zero-order chi connectivity index (χ0) is 14.1. The van der Waals surface area contributed by atoms with Gasteiger partial charge < -0.3 is 4.98 Å². The van der Waals surface area contributed by atoms with Crippen molar-refractivity contribution in [3.8, 4) is 0 Å². The second-order valence-corrected chi connectivity index (χ2v) is 4.92. The Bertz CT molecular complexity index is 789. The van der Waals surface area contributed by atoms with Crippen molar-refractivity contribution in [3.05, 3.63) is 71.2 Å². The first-order valence-electron chi connectivity index (χ1n) is 6.49. The number of Topliss-reactive ketones (excluding diaryl/α,β-unsaturated/α-hetero) is 1. The van der Waals surface area contributed by atoms with E-state index in [0.29, 0.717) is 17.4 Å². The molecule has 0 saturated carbocycles. The zero-order valence-electron chi connectivity index (χ0n) is 11.1. The van der Waals surface area contributed by atoms with E-state index in [1.807, 2.05) is 31.2 Å². The van der Waals surface area contributed by atoms with Crippen LogP contribution in [0.3, 0.4) is 0 Å². The summed E-state index contributed by atoms with van der Waals surface area (Å²) in [6, 6.07) is 12.2. The molecule has 0 aliphatic heterocycles. The Kier molecular flexibility index (Phi) is 3.11. The van der Waals surface area contributed by atoms with Gasteiger partial charge in [-0.15, -0.1) is 0 Å². The second kappa shape index (κ2) is 4.93. The molecule has 0 saturated heterocycles. The van der Waals surface area contributed by atoms with E-state index in [-0.39, 0.29) is 11.6 Å². The van der Waals surface area contributed by atoms with Crippen LogP contribution >= 0.6 is 0 Å². The Morgan fingerprint density at radius 3 is 2.80 bits per heavy atom. The van der Waals surface area contributed by atoms with Gasteiger partial charge in [0.15, 0.2) is 5.78 Å². The number of aromatic amines is 1. The molecule has 0 unspecified atom stereocenters. The lowest BCUT2D eigenvalue weighted by molar-refractivity contribution is 0.0994. The van der Waals surface area contributed by atoms with E-state index in [2.05, 4.69) is 4.98 Å². The maximum atomic E-state index is 13.3. The van der Waals surface area contributed by atoms with Crippen molar-refractivity contribution in [1.82, 2.24) is 4.98 Å². The monoisotopic (exact) mass is 267 g/mol. The zero-order valence-corrected chi connectivity index (χ0v) is 11.1. The Hall–Kier alpha value is -2.42. The van der Waals surface area contributed by atoms with Gasteiger partial charge in [-0.1, -0.05) is 24.3 Å². The molecule has 0 atom stereocenters. The van der Waals surface area contributed by atoms with Crippen LogP contribution in [-0.2, 0) is 6.42 Å². The van der Waals surface area contributed by atoms with E-state index in [4.69, 9.17) is 0 Å². The number of benzene rings is 2. The molecule has 3 rings (SSSR count). The highest BCUT2D eigenvalue weighted by molar-refractivity contribution is 6.08. The van der Waals surface area contributed by atoms with Crippen LogP contribution in [0.2, 0.25) is 0 Å². The normalized spacial score (nSPS) is 10.9. The van der Waals surface area contributed by atoms with E-state index in [1.54, 1.807) is 12.3 Å². The average Bonchev–Trinajstić information content (AvgIpc) is 2.84. The molecule has 100 valence electrons. The molecule has 2 aromatic carbocycles. The van der Waals surface area contributed by atoms with Crippen LogP contribution in [0.4, 0.5) is 4.39 Å². The maximum absolute atomic E-state index is 13.3. The number of carbonyl (C=O) groups excluding carboxylic acids is 1. The summed E-state index contributed by atoms with van der Waals surface area (Å²) in [5.74, 6) is -0.335. The molecule has 1 N–H and O–H groups in total. The van der Waals surface area contributed by atoms with Crippen molar-refractivity contribution >= 4 is 16.7 Å². The SMILES string of the molecule is Cc1ccccc1CC(=O)c1c[nH]c2ccc(F)cc12. The van der Waals surface area contributed by atoms with Crippen molar-refractivity contribution < 1.29 is 9.18 Å². The summed E-state index contributed by atoms with van der Waals surface area (Å²) < 4.78 is 13.3. The molecule has 2 nitrogen and oxygen atoms in total. The van der Waals surface area contributed by atoms with Crippen LogP contribution in [0.1, 0.15) is 21.5 Å². The summed E-state index contributed by atoms with van der Waals surface area (Å²) in [4.78, 5) is 15.4. The summed E-state index contributed by atoms with van der Waals surface area (Å²) in [5.41, 5.74) is 3.41. The molecule has 0 amide bonds. The summed E-state index contributed by atoms with van der Waals surface area (Å²) >= 11 is 0. The molecular weight excluding hydrogens is 253 g/mol. The number of hydrogen-bond acceptors (Lipinski definition) is 1. The van der Waals surface area contributed by atoms with Gasteiger partial charge in [0.25, 0.3) is 0 Å². The molecule has 0 fully saturated rings. The molecule has 20 heavy (non-hydrogen) atoms. The lowest BCUT2D eigenvalue weighted by Crippen LogP contribution is -2.04. The molecule has 0 bridgehead atoms. The van der Waals surface area contributed by atoms with Gasteiger partial charge in [0.05, 0.1) is 0 Å². The van der Waals surface area contributed by atoms with Gasteiger partial charge in [0, 0.05) is 29.1 Å². The number of rotatable bonds is 3. The van der Waals surface area contributed by atoms with Crippen LogP contribution in [0.5, 0.6) is 0 Å². The minimum atomic E-state index is -0.331. The molecule has 3 heteroatoms.